The van der Waals surface area contributed by atoms with Gasteiger partial charge >= 0.3 is 5.97 Å². The van der Waals surface area contributed by atoms with Crippen molar-refractivity contribution in [3.63, 3.8) is 0 Å². The van der Waals surface area contributed by atoms with E-state index in [0.717, 1.165) is 6.08 Å². The van der Waals surface area contributed by atoms with E-state index in [1.807, 2.05) is 0 Å². The number of carbonyl (C=O) groups is 1. The van der Waals surface area contributed by atoms with Gasteiger partial charge < -0.3 is 9.84 Å². The van der Waals surface area contributed by atoms with Crippen LogP contribution in [0.1, 0.15) is 6.42 Å². The Morgan fingerprint density at radius 1 is 1.53 bits per heavy atom. The maximum Gasteiger partial charge on any atom is 0.327 e. The molecular weight excluding hydrogens is 199 g/mol. The molecule has 0 saturated heterocycles. The molecule has 0 unspecified atom stereocenters. The quantitative estimate of drug-likeness (QED) is 0.598. The summed E-state index contributed by atoms with van der Waals surface area (Å²) in [6.45, 7) is 0.327. The first-order valence-corrected chi connectivity index (χ1v) is 4.46. The molecule has 0 atom stereocenters. The molecule has 0 aliphatic carbocycles. The number of hydrogen-bond acceptors (Lipinski definition) is 2. The minimum Gasteiger partial charge on any atom is -0.493 e. The summed E-state index contributed by atoms with van der Waals surface area (Å²) in [4.78, 5) is 10.1. The Kier molecular flexibility index (Phi) is 4.34. The van der Waals surface area contributed by atoms with E-state index < -0.39 is 5.97 Å². The molecule has 0 fully saturated rings. The van der Waals surface area contributed by atoms with Crippen LogP contribution in [0, 0.1) is 5.82 Å². The van der Waals surface area contributed by atoms with Crippen LogP contribution in [0.5, 0.6) is 5.75 Å². The lowest BCUT2D eigenvalue weighted by atomic mass is 10.3. The summed E-state index contributed by atoms with van der Waals surface area (Å²) >= 11 is 0. The molecular formula is C11H11FO3. The molecule has 0 radical (unpaired) electrons. The van der Waals surface area contributed by atoms with Gasteiger partial charge in [0.15, 0.2) is 0 Å². The van der Waals surface area contributed by atoms with Crippen LogP contribution >= 0.6 is 0 Å². The normalized spacial score (nSPS) is 10.5. The van der Waals surface area contributed by atoms with Crippen molar-refractivity contribution < 1.29 is 19.0 Å². The first kappa shape index (κ1) is 11.2. The highest BCUT2D eigenvalue weighted by molar-refractivity contribution is 5.79. The Hall–Kier alpha value is -1.84. The molecule has 0 saturated carbocycles. The molecule has 3 nitrogen and oxygen atoms in total. The number of carboxylic acids is 1. The predicted octanol–water partition coefficient (Wildman–Crippen LogP) is 2.24. The molecule has 80 valence electrons. The fraction of sp³-hybridized carbons (Fsp3) is 0.182. The Balaban J connectivity index is 2.29. The average Bonchev–Trinajstić information content (AvgIpc) is 2.17. The van der Waals surface area contributed by atoms with Crippen LogP contribution in [-0.2, 0) is 4.79 Å². The molecule has 0 amide bonds. The van der Waals surface area contributed by atoms with Gasteiger partial charge in [-0.3, -0.25) is 0 Å². The highest BCUT2D eigenvalue weighted by atomic mass is 19.1. The predicted molar refractivity (Wildman–Crippen MR) is 53.3 cm³/mol. The fourth-order valence-corrected chi connectivity index (χ4v) is 0.986. The Morgan fingerprint density at radius 3 is 3.00 bits per heavy atom. The zero-order valence-corrected chi connectivity index (χ0v) is 8.02. The molecule has 0 spiro atoms. The van der Waals surface area contributed by atoms with E-state index in [1.165, 1.54) is 18.2 Å². The smallest absolute Gasteiger partial charge is 0.327 e. The van der Waals surface area contributed by atoms with Crippen molar-refractivity contribution in [3.8, 4) is 5.75 Å². The largest absolute Gasteiger partial charge is 0.493 e. The van der Waals surface area contributed by atoms with Gasteiger partial charge in [0.1, 0.15) is 11.6 Å². The Bertz CT molecular complexity index is 361. The molecule has 0 aliphatic rings. The monoisotopic (exact) mass is 210 g/mol. The van der Waals surface area contributed by atoms with Crippen molar-refractivity contribution in [3.05, 3.63) is 42.2 Å². The number of benzene rings is 1. The minimum atomic E-state index is -0.985. The standard InChI is InChI=1S/C11H11FO3/c12-9-4-3-5-10(8-9)15-7-2-1-6-11(13)14/h1,3-6,8H,2,7H2,(H,13,14)/b6-1+. The van der Waals surface area contributed by atoms with Gasteiger partial charge in [0, 0.05) is 12.1 Å². The van der Waals surface area contributed by atoms with Crippen LogP contribution in [0.2, 0.25) is 0 Å². The average molecular weight is 210 g/mol. The lowest BCUT2D eigenvalue weighted by Crippen LogP contribution is -1.96. The second-order valence-electron chi connectivity index (χ2n) is 2.84. The third-order valence-electron chi connectivity index (χ3n) is 1.61. The van der Waals surface area contributed by atoms with E-state index in [2.05, 4.69) is 0 Å². The Labute approximate surface area is 86.8 Å². The summed E-state index contributed by atoms with van der Waals surface area (Å²) in [6, 6.07) is 5.81. The van der Waals surface area contributed by atoms with Crippen LogP contribution in [-0.4, -0.2) is 17.7 Å². The zero-order valence-electron chi connectivity index (χ0n) is 8.02. The molecule has 1 N–H and O–H groups in total. The van der Waals surface area contributed by atoms with E-state index in [1.54, 1.807) is 12.1 Å². The first-order valence-electron chi connectivity index (χ1n) is 4.46. The maximum atomic E-state index is 12.7. The summed E-state index contributed by atoms with van der Waals surface area (Å²) in [5.41, 5.74) is 0. The van der Waals surface area contributed by atoms with E-state index >= 15 is 0 Å². The second-order valence-corrected chi connectivity index (χ2v) is 2.84. The summed E-state index contributed by atoms with van der Waals surface area (Å²) in [6.07, 6.45) is 3.01. The molecule has 1 aromatic rings. The maximum absolute atomic E-state index is 12.7. The molecule has 0 aliphatic heterocycles. The summed E-state index contributed by atoms with van der Waals surface area (Å²) < 4.78 is 17.9. The SMILES string of the molecule is O=C(O)/C=C/CCOc1cccc(F)c1. The number of rotatable bonds is 5. The van der Waals surface area contributed by atoms with Crippen molar-refractivity contribution in [2.75, 3.05) is 6.61 Å². The topological polar surface area (TPSA) is 46.5 Å². The number of hydrogen-bond donors (Lipinski definition) is 1. The summed E-state index contributed by atoms with van der Waals surface area (Å²) in [7, 11) is 0. The van der Waals surface area contributed by atoms with Crippen LogP contribution in [0.25, 0.3) is 0 Å². The number of aliphatic carboxylic acids is 1. The minimum absolute atomic E-state index is 0.327. The molecule has 0 aromatic heterocycles. The van der Waals surface area contributed by atoms with Gasteiger partial charge in [-0.05, 0) is 18.6 Å². The number of halogens is 1. The van der Waals surface area contributed by atoms with E-state index in [-0.39, 0.29) is 5.82 Å². The molecule has 0 bridgehead atoms. The first-order chi connectivity index (χ1) is 7.18. The lowest BCUT2D eigenvalue weighted by Gasteiger charge is -2.03. The van der Waals surface area contributed by atoms with Crippen molar-refractivity contribution in [2.45, 2.75) is 6.42 Å². The fourth-order valence-electron chi connectivity index (χ4n) is 0.986. The third-order valence-corrected chi connectivity index (χ3v) is 1.61. The van der Waals surface area contributed by atoms with E-state index in [9.17, 15) is 9.18 Å². The zero-order chi connectivity index (χ0) is 11.1. The Morgan fingerprint density at radius 2 is 2.33 bits per heavy atom. The van der Waals surface area contributed by atoms with Crippen molar-refractivity contribution in [2.24, 2.45) is 0 Å². The van der Waals surface area contributed by atoms with Gasteiger partial charge in [0.05, 0.1) is 6.61 Å². The van der Waals surface area contributed by atoms with Crippen LogP contribution in [0.3, 0.4) is 0 Å². The number of ether oxygens (including phenoxy) is 1. The lowest BCUT2D eigenvalue weighted by molar-refractivity contribution is -0.131. The molecule has 1 aromatic carbocycles. The van der Waals surface area contributed by atoms with Crippen LogP contribution < -0.4 is 4.74 Å². The number of carboxylic acid groups (broad SMARTS) is 1. The van der Waals surface area contributed by atoms with Crippen molar-refractivity contribution in [1.29, 1.82) is 0 Å². The third kappa shape index (κ3) is 4.81. The van der Waals surface area contributed by atoms with Crippen LogP contribution in [0.4, 0.5) is 4.39 Å². The molecule has 15 heavy (non-hydrogen) atoms. The van der Waals surface area contributed by atoms with Gasteiger partial charge in [-0.2, -0.15) is 0 Å². The molecule has 4 heteroatoms. The molecule has 1 rings (SSSR count). The highest BCUT2D eigenvalue weighted by Crippen LogP contribution is 2.11. The van der Waals surface area contributed by atoms with Crippen molar-refractivity contribution >= 4 is 5.97 Å². The van der Waals surface area contributed by atoms with Crippen molar-refractivity contribution in [1.82, 2.24) is 0 Å². The van der Waals surface area contributed by atoms with Gasteiger partial charge in [-0.1, -0.05) is 12.1 Å². The summed E-state index contributed by atoms with van der Waals surface area (Å²) in [5.74, 6) is -0.895. The van der Waals surface area contributed by atoms with Gasteiger partial charge in [0.25, 0.3) is 0 Å². The second kappa shape index (κ2) is 5.80. The highest BCUT2D eigenvalue weighted by Gasteiger charge is 1.94. The van der Waals surface area contributed by atoms with Gasteiger partial charge in [-0.15, -0.1) is 0 Å². The van der Waals surface area contributed by atoms with Gasteiger partial charge in [-0.25, -0.2) is 9.18 Å². The van der Waals surface area contributed by atoms with E-state index in [0.29, 0.717) is 18.8 Å². The van der Waals surface area contributed by atoms with Gasteiger partial charge in [0.2, 0.25) is 0 Å². The summed E-state index contributed by atoms with van der Waals surface area (Å²) in [5, 5.41) is 8.29. The van der Waals surface area contributed by atoms with Crippen LogP contribution in [0.15, 0.2) is 36.4 Å². The molecule has 0 heterocycles. The van der Waals surface area contributed by atoms with E-state index in [4.69, 9.17) is 9.84 Å².